The average molecular weight is 335 g/mol. The second-order valence-electron chi connectivity index (χ2n) is 4.19. The van der Waals surface area contributed by atoms with Gasteiger partial charge in [0, 0.05) is 3.57 Å². The fourth-order valence-electron chi connectivity index (χ4n) is 1.92. The molecule has 0 atom stereocenters. The zero-order valence-corrected chi connectivity index (χ0v) is 12.0. The number of hydrogen-bond acceptors (Lipinski definition) is 0. The van der Waals surface area contributed by atoms with Crippen molar-refractivity contribution in [2.75, 3.05) is 0 Å². The van der Waals surface area contributed by atoms with Crippen LogP contribution in [0.1, 0.15) is 24.0 Å². The van der Waals surface area contributed by atoms with E-state index in [-0.39, 0.29) is 0 Å². The monoisotopic (exact) mass is 335 g/mol. The first kappa shape index (κ1) is 12.6. The molecule has 2 aromatic carbocycles. The predicted octanol–water partition coefficient (Wildman–Crippen LogP) is 4.66. The van der Waals surface area contributed by atoms with Gasteiger partial charge in [0.1, 0.15) is 0 Å². The van der Waals surface area contributed by atoms with Gasteiger partial charge in [0.15, 0.2) is 0 Å². The Morgan fingerprint density at radius 2 is 1.65 bits per heavy atom. The lowest BCUT2D eigenvalue weighted by Crippen LogP contribution is -1.91. The highest BCUT2D eigenvalue weighted by Crippen LogP contribution is 2.14. The minimum atomic E-state index is 1.14. The standard InChI is InChI=1S/C16H16I/c17-16-13-7-6-12-15(16)11-5-4-10-14-8-2-1-3-9-14/h1-3,6-9,13H,4-5,10-11H2. The van der Waals surface area contributed by atoms with E-state index in [1.807, 2.05) is 6.07 Å². The predicted molar refractivity (Wildman–Crippen MR) is 81.1 cm³/mol. The van der Waals surface area contributed by atoms with Crippen LogP contribution in [0.25, 0.3) is 0 Å². The zero-order chi connectivity index (χ0) is 11.9. The lowest BCUT2D eigenvalue weighted by Gasteiger charge is -2.04. The smallest absolute Gasteiger partial charge is 0.0168 e. The van der Waals surface area contributed by atoms with E-state index < -0.39 is 0 Å². The molecule has 0 bridgehead atoms. The van der Waals surface area contributed by atoms with Crippen LogP contribution in [-0.4, -0.2) is 0 Å². The molecule has 0 saturated carbocycles. The SMILES string of the molecule is Ic1ccc[c]c1CCCCc1ccccc1. The van der Waals surface area contributed by atoms with Crippen molar-refractivity contribution in [1.29, 1.82) is 0 Å². The van der Waals surface area contributed by atoms with E-state index >= 15 is 0 Å². The summed E-state index contributed by atoms with van der Waals surface area (Å²) in [6.45, 7) is 0. The summed E-state index contributed by atoms with van der Waals surface area (Å²) in [6.07, 6.45) is 4.82. The molecule has 2 aromatic rings. The summed E-state index contributed by atoms with van der Waals surface area (Å²) >= 11 is 2.39. The lowest BCUT2D eigenvalue weighted by molar-refractivity contribution is 0.732. The normalized spacial score (nSPS) is 10.4. The first-order chi connectivity index (χ1) is 8.36. The molecule has 0 aliphatic carbocycles. The lowest BCUT2D eigenvalue weighted by atomic mass is 10.0. The topological polar surface area (TPSA) is 0 Å². The zero-order valence-electron chi connectivity index (χ0n) is 9.83. The molecule has 87 valence electrons. The van der Waals surface area contributed by atoms with Crippen molar-refractivity contribution in [3.63, 3.8) is 0 Å². The van der Waals surface area contributed by atoms with Gasteiger partial charge < -0.3 is 0 Å². The van der Waals surface area contributed by atoms with Crippen LogP contribution < -0.4 is 0 Å². The summed E-state index contributed by atoms with van der Waals surface area (Å²) in [5.41, 5.74) is 2.81. The molecule has 17 heavy (non-hydrogen) atoms. The minimum absolute atomic E-state index is 1.14. The molecule has 0 saturated heterocycles. The van der Waals surface area contributed by atoms with Crippen molar-refractivity contribution in [2.24, 2.45) is 0 Å². The quantitative estimate of drug-likeness (QED) is 0.551. The summed E-state index contributed by atoms with van der Waals surface area (Å²) < 4.78 is 1.34. The Morgan fingerprint density at radius 3 is 2.41 bits per heavy atom. The van der Waals surface area contributed by atoms with Crippen molar-refractivity contribution in [2.45, 2.75) is 25.7 Å². The number of unbranched alkanes of at least 4 members (excludes halogenated alkanes) is 1. The van der Waals surface area contributed by atoms with Gasteiger partial charge in [0.25, 0.3) is 0 Å². The molecule has 0 aromatic heterocycles. The number of rotatable bonds is 5. The molecule has 2 rings (SSSR count). The van der Waals surface area contributed by atoms with Crippen LogP contribution in [0.2, 0.25) is 0 Å². The average Bonchev–Trinajstić information content (AvgIpc) is 2.38. The highest BCUT2D eigenvalue weighted by molar-refractivity contribution is 14.1. The van der Waals surface area contributed by atoms with Crippen LogP contribution in [0.3, 0.4) is 0 Å². The first-order valence-electron chi connectivity index (χ1n) is 6.05. The summed E-state index contributed by atoms with van der Waals surface area (Å²) in [5, 5.41) is 0. The summed E-state index contributed by atoms with van der Waals surface area (Å²) in [7, 11) is 0. The summed E-state index contributed by atoms with van der Waals surface area (Å²) in [6, 6.07) is 20.3. The third kappa shape index (κ3) is 4.15. The van der Waals surface area contributed by atoms with E-state index in [2.05, 4.69) is 71.1 Å². The van der Waals surface area contributed by atoms with Crippen LogP contribution in [0, 0.1) is 9.64 Å². The van der Waals surface area contributed by atoms with Gasteiger partial charge in [0.2, 0.25) is 0 Å². The number of halogens is 1. The fourth-order valence-corrected chi connectivity index (χ4v) is 2.55. The van der Waals surface area contributed by atoms with Gasteiger partial charge in [0.05, 0.1) is 0 Å². The second kappa shape index (κ2) is 6.80. The molecule has 0 amide bonds. The van der Waals surface area contributed by atoms with Gasteiger partial charge in [-0.1, -0.05) is 42.5 Å². The van der Waals surface area contributed by atoms with Gasteiger partial charge in [-0.3, -0.25) is 0 Å². The van der Waals surface area contributed by atoms with Crippen molar-refractivity contribution in [3.05, 3.63) is 69.3 Å². The van der Waals surface area contributed by atoms with Gasteiger partial charge in [-0.2, -0.15) is 0 Å². The van der Waals surface area contributed by atoms with E-state index in [0.29, 0.717) is 0 Å². The molecule has 0 unspecified atom stereocenters. The van der Waals surface area contributed by atoms with Crippen molar-refractivity contribution >= 4 is 22.6 Å². The van der Waals surface area contributed by atoms with Crippen LogP contribution in [0.5, 0.6) is 0 Å². The molecule has 0 aliphatic rings. The fraction of sp³-hybridized carbons (Fsp3) is 0.250. The Morgan fingerprint density at radius 1 is 0.882 bits per heavy atom. The summed E-state index contributed by atoms with van der Waals surface area (Å²) in [5.74, 6) is 0. The largest absolute Gasteiger partial charge is 0.0622 e. The van der Waals surface area contributed by atoms with Crippen LogP contribution in [-0.2, 0) is 12.8 Å². The second-order valence-corrected chi connectivity index (χ2v) is 5.35. The molecule has 0 heterocycles. The first-order valence-corrected chi connectivity index (χ1v) is 7.13. The Bertz CT molecular complexity index is 448. The van der Waals surface area contributed by atoms with E-state index in [0.717, 1.165) is 6.42 Å². The number of hydrogen-bond donors (Lipinski definition) is 0. The number of aryl methyl sites for hydroxylation is 2. The molecule has 1 radical (unpaired) electrons. The van der Waals surface area contributed by atoms with Gasteiger partial charge in [-0.25, -0.2) is 0 Å². The molecule has 1 heteroatoms. The molecule has 0 N–H and O–H groups in total. The van der Waals surface area contributed by atoms with Crippen LogP contribution in [0.15, 0.2) is 48.5 Å². The van der Waals surface area contributed by atoms with Crippen LogP contribution >= 0.6 is 22.6 Å². The molecular weight excluding hydrogens is 319 g/mol. The van der Waals surface area contributed by atoms with Crippen LogP contribution in [0.4, 0.5) is 0 Å². The molecule has 0 fully saturated rings. The van der Waals surface area contributed by atoms with Gasteiger partial charge >= 0.3 is 0 Å². The van der Waals surface area contributed by atoms with Gasteiger partial charge in [-0.05, 0) is 71.5 Å². The van der Waals surface area contributed by atoms with E-state index in [4.69, 9.17) is 0 Å². The van der Waals surface area contributed by atoms with Crippen molar-refractivity contribution in [3.8, 4) is 0 Å². The summed E-state index contributed by atoms with van der Waals surface area (Å²) in [4.78, 5) is 0. The van der Waals surface area contributed by atoms with E-state index in [1.54, 1.807) is 0 Å². The minimum Gasteiger partial charge on any atom is -0.0622 e. The Balaban J connectivity index is 1.76. The van der Waals surface area contributed by atoms with E-state index in [9.17, 15) is 0 Å². The molecular formula is C16H16I. The third-order valence-corrected chi connectivity index (χ3v) is 3.88. The number of benzene rings is 2. The molecule has 0 aliphatic heterocycles. The van der Waals surface area contributed by atoms with Gasteiger partial charge in [-0.15, -0.1) is 0 Å². The molecule has 0 nitrogen and oxygen atoms in total. The van der Waals surface area contributed by atoms with E-state index in [1.165, 1.54) is 34.0 Å². The molecule has 0 spiro atoms. The highest BCUT2D eigenvalue weighted by atomic mass is 127. The Labute approximate surface area is 117 Å². The van der Waals surface area contributed by atoms with Crippen molar-refractivity contribution < 1.29 is 0 Å². The third-order valence-electron chi connectivity index (χ3n) is 2.87. The Hall–Kier alpha value is -0.830. The van der Waals surface area contributed by atoms with Crippen molar-refractivity contribution in [1.82, 2.24) is 0 Å². The maximum atomic E-state index is 3.33. The maximum Gasteiger partial charge on any atom is 0.0168 e. The maximum absolute atomic E-state index is 3.33. The Kier molecular flexibility index (Phi) is 5.05. The highest BCUT2D eigenvalue weighted by Gasteiger charge is 1.99.